The van der Waals surface area contributed by atoms with Gasteiger partial charge in [-0.2, -0.15) is 18.3 Å². The lowest BCUT2D eigenvalue weighted by atomic mass is 9.94. The molecule has 2 aromatic rings. The Labute approximate surface area is 177 Å². The van der Waals surface area contributed by atoms with Crippen molar-refractivity contribution in [2.75, 3.05) is 18.4 Å². The molecule has 1 amide bonds. The van der Waals surface area contributed by atoms with Crippen molar-refractivity contribution < 1.29 is 18.0 Å². The van der Waals surface area contributed by atoms with Crippen LogP contribution in [0.15, 0.2) is 16.9 Å². The van der Waals surface area contributed by atoms with Gasteiger partial charge in [0.15, 0.2) is 6.04 Å². The molecule has 0 aliphatic carbocycles. The molecule has 1 saturated heterocycles. The molecular formula is C21H26F3N5O2. The first-order chi connectivity index (χ1) is 14.5. The molecule has 0 bridgehead atoms. The van der Waals surface area contributed by atoms with E-state index in [-0.39, 0.29) is 29.9 Å². The van der Waals surface area contributed by atoms with E-state index in [9.17, 15) is 22.8 Å². The standard InChI is InChI=1S/C21H26F3N5O2/c1-11-7-15(19(30)26-13(11)3)20(31)28-6-4-5-14(10-28)16-9-18-25-12(2)8-17(21(22,23)24)29(18)27-16/h7,9,12,14,17,25H,4-6,8,10H2,1-3H3,(H,26,30)/t12-,14?,17-/m1/s1. The van der Waals surface area contributed by atoms with Gasteiger partial charge in [-0.25, -0.2) is 4.68 Å². The lowest BCUT2D eigenvalue weighted by Gasteiger charge is -2.32. The van der Waals surface area contributed by atoms with Crippen molar-refractivity contribution in [2.24, 2.45) is 0 Å². The highest BCUT2D eigenvalue weighted by atomic mass is 19.4. The van der Waals surface area contributed by atoms with Gasteiger partial charge in [0.25, 0.3) is 11.5 Å². The number of carbonyl (C=O) groups is 1. The van der Waals surface area contributed by atoms with Crippen LogP contribution in [0.4, 0.5) is 19.0 Å². The van der Waals surface area contributed by atoms with Gasteiger partial charge in [0.05, 0.1) is 5.69 Å². The second kappa shape index (κ2) is 7.72. The zero-order valence-corrected chi connectivity index (χ0v) is 17.7. The van der Waals surface area contributed by atoms with E-state index in [2.05, 4.69) is 15.4 Å². The fourth-order valence-corrected chi connectivity index (χ4v) is 4.44. The fourth-order valence-electron chi connectivity index (χ4n) is 4.44. The normalized spacial score (nSPS) is 23.9. The Bertz CT molecular complexity index is 1060. The van der Waals surface area contributed by atoms with E-state index in [1.165, 1.54) is 0 Å². The summed E-state index contributed by atoms with van der Waals surface area (Å²) in [6.45, 7) is 6.12. The first-order valence-electron chi connectivity index (χ1n) is 10.5. The van der Waals surface area contributed by atoms with E-state index >= 15 is 0 Å². The Kier molecular flexibility index (Phi) is 5.35. The second-order valence-corrected chi connectivity index (χ2v) is 8.65. The van der Waals surface area contributed by atoms with Crippen LogP contribution >= 0.6 is 0 Å². The Morgan fingerprint density at radius 2 is 2.00 bits per heavy atom. The van der Waals surface area contributed by atoms with Crippen LogP contribution in [0.25, 0.3) is 0 Å². The van der Waals surface area contributed by atoms with Crippen LogP contribution in [0.3, 0.4) is 0 Å². The molecule has 2 aromatic heterocycles. The van der Waals surface area contributed by atoms with Crippen molar-refractivity contribution in [3.05, 3.63) is 45.0 Å². The Morgan fingerprint density at radius 1 is 1.26 bits per heavy atom. The maximum absolute atomic E-state index is 13.5. The second-order valence-electron chi connectivity index (χ2n) is 8.65. The fraction of sp³-hybridized carbons (Fsp3) is 0.571. The number of aromatic nitrogens is 3. The van der Waals surface area contributed by atoms with Crippen LogP contribution in [-0.2, 0) is 0 Å². The lowest BCUT2D eigenvalue weighted by Crippen LogP contribution is -2.41. The highest BCUT2D eigenvalue weighted by molar-refractivity contribution is 5.94. The molecule has 1 unspecified atom stereocenters. The summed E-state index contributed by atoms with van der Waals surface area (Å²) in [5.41, 5.74) is 1.72. The van der Waals surface area contributed by atoms with Gasteiger partial charge >= 0.3 is 6.18 Å². The van der Waals surface area contributed by atoms with Gasteiger partial charge in [-0.1, -0.05) is 0 Å². The zero-order chi connectivity index (χ0) is 22.5. The number of nitrogens with one attached hydrogen (secondary N) is 2. The molecule has 2 N–H and O–H groups in total. The summed E-state index contributed by atoms with van der Waals surface area (Å²) in [6.07, 6.45) is -3.06. The first kappa shape index (κ1) is 21.5. The molecule has 3 atom stereocenters. The Hall–Kier alpha value is -2.78. The van der Waals surface area contributed by atoms with Gasteiger partial charge in [0.1, 0.15) is 11.4 Å². The van der Waals surface area contributed by atoms with Gasteiger partial charge in [0.2, 0.25) is 0 Å². The smallest absolute Gasteiger partial charge is 0.368 e. The van der Waals surface area contributed by atoms with Crippen molar-refractivity contribution in [3.8, 4) is 0 Å². The quantitative estimate of drug-likeness (QED) is 0.753. The van der Waals surface area contributed by atoms with E-state index in [1.807, 2.05) is 6.92 Å². The summed E-state index contributed by atoms with van der Waals surface area (Å²) in [5, 5.41) is 7.37. The molecule has 0 spiro atoms. The predicted molar refractivity (Wildman–Crippen MR) is 109 cm³/mol. The molecule has 168 valence electrons. The van der Waals surface area contributed by atoms with E-state index in [0.717, 1.165) is 16.7 Å². The third-order valence-corrected chi connectivity index (χ3v) is 6.25. The number of fused-ring (bicyclic) bond motifs is 1. The molecule has 1 fully saturated rings. The van der Waals surface area contributed by atoms with E-state index in [1.54, 1.807) is 30.9 Å². The number of likely N-dealkylation sites (tertiary alicyclic amines) is 1. The molecule has 7 nitrogen and oxygen atoms in total. The average Bonchev–Trinajstić information content (AvgIpc) is 3.12. The molecule has 10 heteroatoms. The first-order valence-corrected chi connectivity index (χ1v) is 10.5. The Balaban J connectivity index is 1.58. The van der Waals surface area contributed by atoms with Gasteiger partial charge < -0.3 is 15.2 Å². The predicted octanol–water partition coefficient (Wildman–Crippen LogP) is 3.52. The van der Waals surface area contributed by atoms with Crippen LogP contribution < -0.4 is 10.9 Å². The summed E-state index contributed by atoms with van der Waals surface area (Å²) >= 11 is 0. The highest BCUT2D eigenvalue weighted by Gasteiger charge is 2.46. The van der Waals surface area contributed by atoms with E-state index < -0.39 is 17.8 Å². The van der Waals surface area contributed by atoms with E-state index in [0.29, 0.717) is 36.7 Å². The number of aryl methyl sites for hydroxylation is 2. The SMILES string of the molecule is Cc1cc(C(=O)N2CCCC(c3cc4n(n3)[C@@H](C(F)(F)F)C[C@@H](C)N4)C2)c(=O)[nH]c1C. The van der Waals surface area contributed by atoms with Crippen LogP contribution in [0.2, 0.25) is 0 Å². The molecule has 31 heavy (non-hydrogen) atoms. The maximum atomic E-state index is 13.5. The van der Waals surface area contributed by atoms with Crippen molar-refractivity contribution in [2.45, 2.75) is 64.2 Å². The van der Waals surface area contributed by atoms with Gasteiger partial charge in [-0.15, -0.1) is 0 Å². The maximum Gasteiger partial charge on any atom is 0.410 e. The third-order valence-electron chi connectivity index (χ3n) is 6.25. The molecule has 0 aromatic carbocycles. The molecule has 0 saturated carbocycles. The van der Waals surface area contributed by atoms with Crippen molar-refractivity contribution >= 4 is 11.7 Å². The van der Waals surface area contributed by atoms with Crippen LogP contribution in [0, 0.1) is 13.8 Å². The number of piperidine rings is 1. The number of anilines is 1. The van der Waals surface area contributed by atoms with Crippen LogP contribution in [-0.4, -0.2) is 50.9 Å². The van der Waals surface area contributed by atoms with Gasteiger partial charge in [0, 0.05) is 36.8 Å². The number of amides is 1. The molecule has 4 heterocycles. The van der Waals surface area contributed by atoms with Crippen LogP contribution in [0.5, 0.6) is 0 Å². The lowest BCUT2D eigenvalue weighted by molar-refractivity contribution is -0.173. The van der Waals surface area contributed by atoms with Gasteiger partial charge in [-0.3, -0.25) is 9.59 Å². The van der Waals surface area contributed by atoms with Gasteiger partial charge in [-0.05, 0) is 51.7 Å². The molecule has 0 radical (unpaired) electrons. The minimum atomic E-state index is -4.38. The molecule has 2 aliphatic rings. The minimum Gasteiger partial charge on any atom is -0.368 e. The number of pyridine rings is 1. The number of alkyl halides is 3. The largest absolute Gasteiger partial charge is 0.410 e. The molecule has 4 rings (SSSR count). The Morgan fingerprint density at radius 3 is 2.71 bits per heavy atom. The number of aromatic amines is 1. The number of hydrogen-bond acceptors (Lipinski definition) is 4. The zero-order valence-electron chi connectivity index (χ0n) is 17.7. The van der Waals surface area contributed by atoms with Crippen molar-refractivity contribution in [1.29, 1.82) is 0 Å². The van der Waals surface area contributed by atoms with Crippen molar-refractivity contribution in [3.63, 3.8) is 0 Å². The number of rotatable bonds is 2. The number of halogens is 3. The summed E-state index contributed by atoms with van der Waals surface area (Å²) in [7, 11) is 0. The average molecular weight is 437 g/mol. The number of nitrogens with zero attached hydrogens (tertiary/aromatic N) is 3. The highest BCUT2D eigenvalue weighted by Crippen LogP contribution is 2.40. The molecule has 2 aliphatic heterocycles. The monoisotopic (exact) mass is 437 g/mol. The van der Waals surface area contributed by atoms with Crippen molar-refractivity contribution in [1.82, 2.24) is 19.7 Å². The third kappa shape index (κ3) is 4.07. The minimum absolute atomic E-state index is 0.0809. The summed E-state index contributed by atoms with van der Waals surface area (Å²) in [6, 6.07) is 1.28. The number of carbonyl (C=O) groups excluding carboxylic acids is 1. The van der Waals surface area contributed by atoms with E-state index in [4.69, 9.17) is 0 Å². The topological polar surface area (TPSA) is 83.0 Å². The summed E-state index contributed by atoms with van der Waals surface area (Å²) in [4.78, 5) is 29.6. The molecular weight excluding hydrogens is 411 g/mol. The number of hydrogen-bond donors (Lipinski definition) is 2. The van der Waals surface area contributed by atoms with Crippen LogP contribution in [0.1, 0.15) is 65.5 Å². The summed E-state index contributed by atoms with van der Waals surface area (Å²) < 4.78 is 41.6. The number of H-pyrrole nitrogens is 1. The summed E-state index contributed by atoms with van der Waals surface area (Å²) in [5.74, 6) is -0.199.